The van der Waals surface area contributed by atoms with Crippen LogP contribution >= 0.6 is 11.6 Å². The zero-order chi connectivity index (χ0) is 19.2. The van der Waals surface area contributed by atoms with Crippen molar-refractivity contribution in [2.75, 3.05) is 13.2 Å². The van der Waals surface area contributed by atoms with Crippen molar-refractivity contribution in [3.63, 3.8) is 0 Å². The summed E-state index contributed by atoms with van der Waals surface area (Å²) < 4.78 is 47.5. The highest BCUT2D eigenvalue weighted by Crippen LogP contribution is 2.24. The molecule has 10 heteroatoms. The van der Waals surface area contributed by atoms with E-state index in [4.69, 9.17) is 21.1 Å². The van der Waals surface area contributed by atoms with E-state index in [0.29, 0.717) is 12.4 Å². The van der Waals surface area contributed by atoms with Crippen molar-refractivity contribution in [2.45, 2.75) is 11.8 Å². The Balaban J connectivity index is 1.89. The molecule has 0 aromatic heterocycles. The SMILES string of the molecule is CCOc1ccc(S(=O)(=O)NNC(=O)COc2ccc(F)cc2Cl)cc1. The second kappa shape index (κ2) is 8.84. The smallest absolute Gasteiger partial charge is 0.272 e. The maximum atomic E-state index is 12.9. The minimum absolute atomic E-state index is 0.00670. The number of amides is 1. The van der Waals surface area contributed by atoms with Gasteiger partial charge in [0, 0.05) is 0 Å². The van der Waals surface area contributed by atoms with E-state index in [1.807, 2.05) is 17.2 Å². The second-order valence-corrected chi connectivity index (χ2v) is 7.01. The van der Waals surface area contributed by atoms with Crippen molar-refractivity contribution in [2.24, 2.45) is 0 Å². The third-order valence-electron chi connectivity index (χ3n) is 3.02. The molecule has 0 aliphatic heterocycles. The Morgan fingerprint density at radius 3 is 2.46 bits per heavy atom. The number of nitrogens with one attached hydrogen (secondary N) is 2. The fourth-order valence-corrected chi connectivity index (χ4v) is 2.92. The van der Waals surface area contributed by atoms with Crippen LogP contribution < -0.4 is 19.7 Å². The number of hydrogen-bond acceptors (Lipinski definition) is 5. The molecule has 0 atom stereocenters. The number of hydrogen-bond donors (Lipinski definition) is 2. The van der Waals surface area contributed by atoms with Gasteiger partial charge in [-0.15, -0.1) is 4.83 Å². The normalized spacial score (nSPS) is 11.0. The Hall–Kier alpha value is -2.36. The topological polar surface area (TPSA) is 93.7 Å². The molecule has 0 bridgehead atoms. The van der Waals surface area contributed by atoms with E-state index < -0.39 is 28.4 Å². The summed E-state index contributed by atoms with van der Waals surface area (Å²) >= 11 is 5.76. The molecule has 0 spiro atoms. The molecular formula is C16H16ClFN2O5S. The van der Waals surface area contributed by atoms with Gasteiger partial charge in [-0.05, 0) is 49.4 Å². The molecule has 140 valence electrons. The van der Waals surface area contributed by atoms with Gasteiger partial charge in [-0.1, -0.05) is 11.6 Å². The largest absolute Gasteiger partial charge is 0.494 e. The number of halogens is 2. The lowest BCUT2D eigenvalue weighted by Gasteiger charge is -2.11. The molecule has 26 heavy (non-hydrogen) atoms. The maximum Gasteiger partial charge on any atom is 0.272 e. The summed E-state index contributed by atoms with van der Waals surface area (Å²) in [7, 11) is -3.95. The summed E-state index contributed by atoms with van der Waals surface area (Å²) in [6.07, 6.45) is 0. The van der Waals surface area contributed by atoms with Gasteiger partial charge in [0.2, 0.25) is 0 Å². The van der Waals surface area contributed by atoms with Gasteiger partial charge in [-0.2, -0.15) is 0 Å². The van der Waals surface area contributed by atoms with Crippen LogP contribution in [0.4, 0.5) is 4.39 Å². The lowest BCUT2D eigenvalue weighted by Crippen LogP contribution is -2.43. The Morgan fingerprint density at radius 2 is 1.85 bits per heavy atom. The molecule has 1 amide bonds. The molecule has 0 radical (unpaired) electrons. The fourth-order valence-electron chi connectivity index (χ4n) is 1.84. The molecular weight excluding hydrogens is 387 g/mol. The predicted octanol–water partition coefficient (Wildman–Crippen LogP) is 2.27. The van der Waals surface area contributed by atoms with E-state index >= 15 is 0 Å². The summed E-state index contributed by atoms with van der Waals surface area (Å²) in [5, 5.41) is -0.00670. The lowest BCUT2D eigenvalue weighted by atomic mass is 10.3. The van der Waals surface area contributed by atoms with Gasteiger partial charge in [0.1, 0.15) is 17.3 Å². The molecule has 2 N–H and O–H groups in total. The molecule has 2 aromatic rings. The Bertz CT molecular complexity index is 875. The molecule has 0 heterocycles. The van der Waals surface area contributed by atoms with E-state index in [9.17, 15) is 17.6 Å². The summed E-state index contributed by atoms with van der Waals surface area (Å²) in [5.74, 6) is -0.688. The minimum atomic E-state index is -3.95. The van der Waals surface area contributed by atoms with Crippen LogP contribution in [0.25, 0.3) is 0 Å². The number of benzene rings is 2. The second-order valence-electron chi connectivity index (χ2n) is 4.92. The quantitative estimate of drug-likeness (QED) is 0.660. The van der Waals surface area contributed by atoms with Crippen molar-refractivity contribution in [3.05, 3.63) is 53.3 Å². The lowest BCUT2D eigenvalue weighted by molar-refractivity contribution is -0.123. The zero-order valence-corrected chi connectivity index (χ0v) is 15.2. The van der Waals surface area contributed by atoms with Crippen LogP contribution in [0, 0.1) is 5.82 Å². The van der Waals surface area contributed by atoms with Gasteiger partial charge in [0.05, 0.1) is 16.5 Å². The van der Waals surface area contributed by atoms with E-state index in [1.54, 1.807) is 0 Å². The maximum absolute atomic E-state index is 12.9. The molecule has 0 aliphatic carbocycles. The van der Waals surface area contributed by atoms with Gasteiger partial charge in [-0.3, -0.25) is 10.2 Å². The van der Waals surface area contributed by atoms with Crippen molar-refractivity contribution in [1.29, 1.82) is 0 Å². The third-order valence-corrected chi connectivity index (χ3v) is 4.58. The average Bonchev–Trinajstić information content (AvgIpc) is 2.60. The molecule has 2 rings (SSSR count). The van der Waals surface area contributed by atoms with Crippen LogP contribution in [-0.2, 0) is 14.8 Å². The third kappa shape index (κ3) is 5.58. The zero-order valence-electron chi connectivity index (χ0n) is 13.7. The number of carbonyl (C=O) groups is 1. The van der Waals surface area contributed by atoms with Crippen LogP contribution in [0.2, 0.25) is 5.02 Å². The van der Waals surface area contributed by atoms with E-state index in [-0.39, 0.29) is 15.7 Å². The van der Waals surface area contributed by atoms with Crippen LogP contribution in [0.15, 0.2) is 47.4 Å². The van der Waals surface area contributed by atoms with Gasteiger partial charge >= 0.3 is 0 Å². The fraction of sp³-hybridized carbons (Fsp3) is 0.188. The van der Waals surface area contributed by atoms with Crippen LogP contribution in [0.3, 0.4) is 0 Å². The Morgan fingerprint density at radius 1 is 1.15 bits per heavy atom. The van der Waals surface area contributed by atoms with Crippen LogP contribution in [-0.4, -0.2) is 27.5 Å². The summed E-state index contributed by atoms with van der Waals surface area (Å²) in [5.41, 5.74) is 2.01. The van der Waals surface area contributed by atoms with Crippen molar-refractivity contribution < 1.29 is 27.1 Å². The van der Waals surface area contributed by atoms with Gasteiger partial charge < -0.3 is 9.47 Å². The van der Waals surface area contributed by atoms with Crippen molar-refractivity contribution in [1.82, 2.24) is 10.3 Å². The van der Waals surface area contributed by atoms with Crippen LogP contribution in [0.1, 0.15) is 6.92 Å². The highest BCUT2D eigenvalue weighted by Gasteiger charge is 2.15. The predicted molar refractivity (Wildman–Crippen MR) is 93.0 cm³/mol. The Kier molecular flexibility index (Phi) is 6.78. The number of hydrazine groups is 1. The van der Waals surface area contributed by atoms with E-state index in [1.165, 1.54) is 30.3 Å². The number of sulfonamides is 1. The monoisotopic (exact) mass is 402 g/mol. The molecule has 2 aromatic carbocycles. The Labute approximate surface area is 155 Å². The minimum Gasteiger partial charge on any atom is -0.494 e. The molecule has 0 aliphatic rings. The molecule has 0 saturated heterocycles. The standard InChI is InChI=1S/C16H16ClFN2O5S/c1-2-24-12-4-6-13(7-5-12)26(22,23)20-19-16(21)10-25-15-8-3-11(18)9-14(15)17/h3-9,20H,2,10H2,1H3,(H,19,21). The summed E-state index contributed by atoms with van der Waals surface area (Å²) in [6, 6.07) is 9.09. The number of ether oxygens (including phenoxy) is 2. The molecule has 7 nitrogen and oxygen atoms in total. The number of rotatable bonds is 8. The first-order valence-electron chi connectivity index (χ1n) is 7.43. The summed E-state index contributed by atoms with van der Waals surface area (Å²) in [4.78, 5) is 13.6. The number of carbonyl (C=O) groups excluding carboxylic acids is 1. The highest BCUT2D eigenvalue weighted by atomic mass is 35.5. The van der Waals surface area contributed by atoms with Gasteiger partial charge in [0.15, 0.2) is 6.61 Å². The van der Waals surface area contributed by atoms with Crippen molar-refractivity contribution in [3.8, 4) is 11.5 Å². The van der Waals surface area contributed by atoms with E-state index in [2.05, 4.69) is 0 Å². The molecule has 0 fully saturated rings. The van der Waals surface area contributed by atoms with Crippen LogP contribution in [0.5, 0.6) is 11.5 Å². The first kappa shape index (κ1) is 20.0. The first-order chi connectivity index (χ1) is 12.3. The summed E-state index contributed by atoms with van der Waals surface area (Å²) in [6.45, 7) is 1.75. The average molecular weight is 403 g/mol. The van der Waals surface area contributed by atoms with Crippen molar-refractivity contribution >= 4 is 27.5 Å². The van der Waals surface area contributed by atoms with Gasteiger partial charge in [-0.25, -0.2) is 12.8 Å². The molecule has 0 unspecified atom stereocenters. The van der Waals surface area contributed by atoms with Gasteiger partial charge in [0.25, 0.3) is 15.9 Å². The highest BCUT2D eigenvalue weighted by molar-refractivity contribution is 7.89. The van der Waals surface area contributed by atoms with E-state index in [0.717, 1.165) is 12.1 Å². The molecule has 0 saturated carbocycles. The first-order valence-corrected chi connectivity index (χ1v) is 9.29.